The lowest BCUT2D eigenvalue weighted by molar-refractivity contribution is -0.124. The third-order valence-corrected chi connectivity index (χ3v) is 1.13. The molecule has 0 aromatic carbocycles. The molecule has 0 unspecified atom stereocenters. The van der Waals surface area contributed by atoms with E-state index >= 15 is 0 Å². The highest BCUT2D eigenvalue weighted by molar-refractivity contribution is 5.85. The van der Waals surface area contributed by atoms with Crippen LogP contribution in [0.4, 0.5) is 0 Å². The van der Waals surface area contributed by atoms with Gasteiger partial charge < -0.3 is 5.32 Å². The summed E-state index contributed by atoms with van der Waals surface area (Å²) in [5.41, 5.74) is -0.733. The maximum atomic E-state index is 11.0. The molecule has 0 saturated carbocycles. The molecule has 1 N–H and O–H groups in total. The van der Waals surface area contributed by atoms with Crippen molar-refractivity contribution in [3.8, 4) is 0 Å². The van der Waals surface area contributed by atoms with E-state index in [2.05, 4.69) is 15.5 Å². The number of hydrogen-bond acceptors (Lipinski definition) is 3. The van der Waals surface area contributed by atoms with Gasteiger partial charge in [-0.1, -0.05) is 0 Å². The lowest BCUT2D eigenvalue weighted by Crippen LogP contribution is -2.38. The first-order chi connectivity index (χ1) is 4.54. The quantitative estimate of drug-likeness (QED) is 0.565. The third kappa shape index (κ3) is 2.13. The van der Waals surface area contributed by atoms with Gasteiger partial charge >= 0.3 is 0 Å². The van der Waals surface area contributed by atoms with Crippen molar-refractivity contribution < 1.29 is 4.79 Å². The van der Waals surface area contributed by atoms with Gasteiger partial charge in [0.2, 0.25) is 5.91 Å². The number of hydrogen-bond donors (Lipinski definition) is 1. The summed E-state index contributed by atoms with van der Waals surface area (Å²) in [6.45, 7) is 3.41. The maximum Gasteiger partial charge on any atom is 0.249 e. The summed E-state index contributed by atoms with van der Waals surface area (Å²) in [5.74, 6) is -0.127. The van der Waals surface area contributed by atoms with Gasteiger partial charge in [0.05, 0.1) is 0 Å². The summed E-state index contributed by atoms with van der Waals surface area (Å²) in [5, 5.41) is 9.78. The number of azo groups is 1. The van der Waals surface area contributed by atoms with Crippen LogP contribution >= 0.6 is 0 Å². The van der Waals surface area contributed by atoms with Gasteiger partial charge in [-0.25, -0.2) is 0 Å². The van der Waals surface area contributed by atoms with E-state index in [9.17, 15) is 4.79 Å². The second kappa shape index (κ2) is 3.29. The van der Waals surface area contributed by atoms with Gasteiger partial charge in [-0.15, -0.1) is 0 Å². The number of carbonyl (C=O) groups is 1. The lowest BCUT2D eigenvalue weighted by atomic mass is 10.1. The zero-order chi connectivity index (χ0) is 8.20. The first-order valence-electron chi connectivity index (χ1n) is 3.07. The zero-order valence-corrected chi connectivity index (χ0v) is 6.80. The molecule has 0 aliphatic heterocycles. The van der Waals surface area contributed by atoms with Crippen molar-refractivity contribution in [2.24, 2.45) is 10.2 Å². The fourth-order valence-corrected chi connectivity index (χ4v) is 0.601. The van der Waals surface area contributed by atoms with Crippen LogP contribution < -0.4 is 5.32 Å². The molecule has 0 rings (SSSR count). The zero-order valence-electron chi connectivity index (χ0n) is 6.80. The van der Waals surface area contributed by atoms with Crippen molar-refractivity contribution in [1.82, 2.24) is 5.32 Å². The SMILES string of the molecule is CN=NC(C)(C)C(=O)NC. The summed E-state index contributed by atoms with van der Waals surface area (Å²) in [4.78, 5) is 11.0. The average molecular weight is 143 g/mol. The van der Waals surface area contributed by atoms with Crippen LogP contribution in [-0.2, 0) is 4.79 Å². The third-order valence-electron chi connectivity index (χ3n) is 1.13. The molecule has 0 aliphatic rings. The Kier molecular flexibility index (Phi) is 2.99. The van der Waals surface area contributed by atoms with E-state index in [0.717, 1.165) is 0 Å². The van der Waals surface area contributed by atoms with Crippen molar-refractivity contribution >= 4 is 5.91 Å². The first-order valence-corrected chi connectivity index (χ1v) is 3.07. The molecule has 0 atom stereocenters. The Morgan fingerprint density at radius 1 is 1.50 bits per heavy atom. The molecule has 0 heterocycles. The second-order valence-electron chi connectivity index (χ2n) is 2.44. The van der Waals surface area contributed by atoms with Crippen LogP contribution in [0.25, 0.3) is 0 Å². The molecular weight excluding hydrogens is 130 g/mol. The molecular formula is C6H13N3O. The standard InChI is InChI=1S/C6H13N3O/c1-6(2,9-8-4)5(10)7-3/h1-4H3,(H,7,10). The molecule has 0 saturated heterocycles. The largest absolute Gasteiger partial charge is 0.357 e. The molecule has 10 heavy (non-hydrogen) atoms. The van der Waals surface area contributed by atoms with Gasteiger partial charge in [-0.3, -0.25) is 4.79 Å². The van der Waals surface area contributed by atoms with Crippen molar-refractivity contribution in [3.05, 3.63) is 0 Å². The molecule has 0 radical (unpaired) electrons. The van der Waals surface area contributed by atoms with Crippen LogP contribution in [0.5, 0.6) is 0 Å². The topological polar surface area (TPSA) is 53.8 Å². The highest BCUT2D eigenvalue weighted by Crippen LogP contribution is 2.07. The molecule has 4 nitrogen and oxygen atoms in total. The monoisotopic (exact) mass is 143 g/mol. The van der Waals surface area contributed by atoms with Gasteiger partial charge in [0, 0.05) is 14.1 Å². The van der Waals surface area contributed by atoms with Crippen LogP contribution in [0.1, 0.15) is 13.8 Å². The second-order valence-corrected chi connectivity index (χ2v) is 2.44. The van der Waals surface area contributed by atoms with E-state index in [4.69, 9.17) is 0 Å². The Morgan fingerprint density at radius 3 is 2.30 bits per heavy atom. The summed E-state index contributed by atoms with van der Waals surface area (Å²) in [7, 11) is 3.12. The number of amides is 1. The van der Waals surface area contributed by atoms with Crippen LogP contribution in [-0.4, -0.2) is 25.5 Å². The minimum atomic E-state index is -0.733. The fourth-order valence-electron chi connectivity index (χ4n) is 0.601. The van der Waals surface area contributed by atoms with Crippen LogP contribution in [0.2, 0.25) is 0 Å². The van der Waals surface area contributed by atoms with Crippen LogP contribution in [0.3, 0.4) is 0 Å². The van der Waals surface area contributed by atoms with Gasteiger partial charge in [0.25, 0.3) is 0 Å². The molecule has 0 aliphatic carbocycles. The molecule has 58 valence electrons. The lowest BCUT2D eigenvalue weighted by Gasteiger charge is -2.14. The van der Waals surface area contributed by atoms with E-state index < -0.39 is 5.54 Å². The highest BCUT2D eigenvalue weighted by Gasteiger charge is 2.25. The predicted molar refractivity (Wildman–Crippen MR) is 38.9 cm³/mol. The Labute approximate surface area is 60.7 Å². The van der Waals surface area contributed by atoms with Crippen molar-refractivity contribution in [1.29, 1.82) is 0 Å². The van der Waals surface area contributed by atoms with Gasteiger partial charge in [0.1, 0.15) is 0 Å². The van der Waals surface area contributed by atoms with Crippen molar-refractivity contribution in [3.63, 3.8) is 0 Å². The molecule has 0 aromatic rings. The van der Waals surface area contributed by atoms with E-state index in [1.807, 2.05) is 0 Å². The van der Waals surface area contributed by atoms with E-state index in [1.165, 1.54) is 0 Å². The van der Waals surface area contributed by atoms with Crippen molar-refractivity contribution in [2.45, 2.75) is 19.4 Å². The molecule has 1 amide bonds. The number of rotatable bonds is 2. The average Bonchev–Trinajstić information content (AvgIpc) is 1.86. The fraction of sp³-hybridized carbons (Fsp3) is 0.833. The Bertz CT molecular complexity index is 151. The number of carbonyl (C=O) groups excluding carboxylic acids is 1. The Balaban J connectivity index is 4.24. The van der Waals surface area contributed by atoms with Gasteiger partial charge in [0.15, 0.2) is 5.54 Å². The first kappa shape index (κ1) is 9.07. The number of likely N-dealkylation sites (N-methyl/N-ethyl adjacent to an activating group) is 1. The summed E-state index contributed by atoms with van der Waals surface area (Å²) >= 11 is 0. The summed E-state index contributed by atoms with van der Waals surface area (Å²) < 4.78 is 0. The van der Waals surface area contributed by atoms with Crippen molar-refractivity contribution in [2.75, 3.05) is 14.1 Å². The normalized spacial score (nSPS) is 12.0. The van der Waals surface area contributed by atoms with Gasteiger partial charge in [-0.05, 0) is 13.8 Å². The number of nitrogens with one attached hydrogen (secondary N) is 1. The molecule has 0 fully saturated rings. The van der Waals surface area contributed by atoms with E-state index in [0.29, 0.717) is 0 Å². The molecule has 0 spiro atoms. The summed E-state index contributed by atoms with van der Waals surface area (Å²) in [6, 6.07) is 0. The molecule has 0 aromatic heterocycles. The van der Waals surface area contributed by atoms with E-state index in [1.54, 1.807) is 27.9 Å². The minimum absolute atomic E-state index is 0.127. The Morgan fingerprint density at radius 2 is 2.00 bits per heavy atom. The van der Waals surface area contributed by atoms with Gasteiger partial charge in [-0.2, -0.15) is 10.2 Å². The molecule has 0 bridgehead atoms. The predicted octanol–water partition coefficient (Wildman–Crippen LogP) is 0.593. The molecule has 4 heteroatoms. The highest BCUT2D eigenvalue weighted by atomic mass is 16.2. The minimum Gasteiger partial charge on any atom is -0.357 e. The number of nitrogens with zero attached hydrogens (tertiary/aromatic N) is 2. The van der Waals surface area contributed by atoms with E-state index in [-0.39, 0.29) is 5.91 Å². The summed E-state index contributed by atoms with van der Waals surface area (Å²) in [6.07, 6.45) is 0. The maximum absolute atomic E-state index is 11.0. The smallest absolute Gasteiger partial charge is 0.249 e. The van der Waals surface area contributed by atoms with Crippen LogP contribution in [0.15, 0.2) is 10.2 Å². The van der Waals surface area contributed by atoms with Crippen LogP contribution in [0, 0.1) is 0 Å². The Hall–Kier alpha value is -0.930.